The summed E-state index contributed by atoms with van der Waals surface area (Å²) in [5.41, 5.74) is 4.35. The predicted molar refractivity (Wildman–Crippen MR) is 129 cm³/mol. The van der Waals surface area contributed by atoms with Gasteiger partial charge in [0.25, 0.3) is 0 Å². The van der Waals surface area contributed by atoms with E-state index in [0.717, 1.165) is 44.9 Å². The lowest BCUT2D eigenvalue weighted by Gasteiger charge is -2.29. The molecule has 1 fully saturated rings. The second kappa shape index (κ2) is 10.8. The number of aryl methyl sites for hydroxylation is 1. The molecule has 1 unspecified atom stereocenters. The third-order valence-electron chi connectivity index (χ3n) is 7.27. The molecule has 0 saturated heterocycles. The van der Waals surface area contributed by atoms with Gasteiger partial charge in [-0.2, -0.15) is 5.26 Å². The molecule has 0 spiro atoms. The summed E-state index contributed by atoms with van der Waals surface area (Å²) in [5, 5.41) is 8.86. The first kappa shape index (κ1) is 23.2. The molecule has 1 nitrogen and oxygen atoms in total. The molecule has 1 saturated carbocycles. The summed E-state index contributed by atoms with van der Waals surface area (Å²) in [6.45, 7) is 2.28. The average Bonchev–Trinajstić information content (AvgIpc) is 2.84. The Labute approximate surface area is 196 Å². The van der Waals surface area contributed by atoms with Gasteiger partial charge in [0.2, 0.25) is 0 Å². The third kappa shape index (κ3) is 5.88. The van der Waals surface area contributed by atoms with Crippen LogP contribution in [-0.2, 0) is 12.8 Å². The first-order valence-electron chi connectivity index (χ1n) is 12.0. The van der Waals surface area contributed by atoms with E-state index in [1.54, 1.807) is 6.07 Å². The molecule has 1 aliphatic rings. The maximum absolute atomic E-state index is 14.0. The SMILES string of the molecule is CC(Cc1ccc(CCC2CCC(c3cc(F)c(C#N)c(F)c3)CC2)cc1)c1ccccc1. The molecule has 3 heteroatoms. The molecule has 4 rings (SSSR count). The molecule has 0 bridgehead atoms. The highest BCUT2D eigenvalue weighted by molar-refractivity contribution is 5.36. The normalized spacial score (nSPS) is 19.1. The fourth-order valence-corrected chi connectivity index (χ4v) is 5.19. The lowest BCUT2D eigenvalue weighted by atomic mass is 9.76. The molecule has 3 aromatic carbocycles. The van der Waals surface area contributed by atoms with Crippen molar-refractivity contribution in [3.63, 3.8) is 0 Å². The van der Waals surface area contributed by atoms with Gasteiger partial charge in [0.05, 0.1) is 0 Å². The zero-order chi connectivity index (χ0) is 23.2. The van der Waals surface area contributed by atoms with Gasteiger partial charge < -0.3 is 0 Å². The fourth-order valence-electron chi connectivity index (χ4n) is 5.19. The molecule has 1 atom stereocenters. The number of halogens is 2. The molecule has 0 aromatic heterocycles. The summed E-state index contributed by atoms with van der Waals surface area (Å²) in [5.74, 6) is -0.131. The van der Waals surface area contributed by atoms with Crippen molar-refractivity contribution in [2.24, 2.45) is 5.92 Å². The summed E-state index contributed by atoms with van der Waals surface area (Å²) >= 11 is 0. The van der Waals surface area contributed by atoms with Gasteiger partial charge in [0.15, 0.2) is 0 Å². The topological polar surface area (TPSA) is 23.8 Å². The number of hydrogen-bond acceptors (Lipinski definition) is 1. The van der Waals surface area contributed by atoms with Crippen LogP contribution in [0.5, 0.6) is 0 Å². The van der Waals surface area contributed by atoms with Crippen molar-refractivity contribution < 1.29 is 8.78 Å². The maximum Gasteiger partial charge on any atom is 0.144 e. The van der Waals surface area contributed by atoms with Gasteiger partial charge in [-0.25, -0.2) is 8.78 Å². The molecule has 0 amide bonds. The minimum atomic E-state index is -0.740. The number of nitriles is 1. The van der Waals surface area contributed by atoms with Crippen LogP contribution in [0.15, 0.2) is 66.7 Å². The lowest BCUT2D eigenvalue weighted by molar-refractivity contribution is 0.309. The molecular weight excluding hydrogens is 412 g/mol. The van der Waals surface area contributed by atoms with Crippen LogP contribution in [-0.4, -0.2) is 0 Å². The van der Waals surface area contributed by atoms with E-state index in [1.165, 1.54) is 28.8 Å². The minimum Gasteiger partial charge on any atom is -0.205 e. The molecule has 170 valence electrons. The molecule has 0 N–H and O–H groups in total. The number of rotatable bonds is 7. The monoisotopic (exact) mass is 443 g/mol. The Morgan fingerprint density at radius 2 is 1.48 bits per heavy atom. The summed E-state index contributed by atoms with van der Waals surface area (Å²) in [4.78, 5) is 0. The minimum absolute atomic E-state index is 0.184. The molecule has 1 aliphatic carbocycles. The lowest BCUT2D eigenvalue weighted by Crippen LogP contribution is -2.14. The largest absolute Gasteiger partial charge is 0.205 e. The van der Waals surface area contributed by atoms with Gasteiger partial charge in [-0.05, 0) is 97.1 Å². The van der Waals surface area contributed by atoms with Crippen molar-refractivity contribution >= 4 is 0 Å². The summed E-state index contributed by atoms with van der Waals surface area (Å²) in [7, 11) is 0. The smallest absolute Gasteiger partial charge is 0.144 e. The first-order valence-corrected chi connectivity index (χ1v) is 12.0. The predicted octanol–water partition coefficient (Wildman–Crippen LogP) is 8.09. The van der Waals surface area contributed by atoms with E-state index in [2.05, 4.69) is 61.5 Å². The standard InChI is InChI=1S/C30H31F2N/c1-21(25-5-3-2-4-6-25)17-24-11-9-22(10-12-24)7-8-23-13-15-26(16-14-23)27-18-29(31)28(20-33)30(32)19-27/h2-6,9-12,18-19,21,23,26H,7-8,13-17H2,1H3. The fraction of sp³-hybridized carbons (Fsp3) is 0.367. The van der Waals surface area contributed by atoms with Crippen LogP contribution in [0.3, 0.4) is 0 Å². The van der Waals surface area contributed by atoms with E-state index in [1.807, 2.05) is 0 Å². The van der Waals surface area contributed by atoms with Crippen LogP contribution >= 0.6 is 0 Å². The summed E-state index contributed by atoms with van der Waals surface area (Å²) < 4.78 is 27.9. The van der Waals surface area contributed by atoms with Gasteiger partial charge >= 0.3 is 0 Å². The van der Waals surface area contributed by atoms with Crippen LogP contribution in [0.2, 0.25) is 0 Å². The quantitative estimate of drug-likeness (QED) is 0.362. The second-order valence-electron chi connectivity index (χ2n) is 9.56. The third-order valence-corrected chi connectivity index (χ3v) is 7.27. The Kier molecular flexibility index (Phi) is 7.55. The van der Waals surface area contributed by atoms with E-state index >= 15 is 0 Å². The Hall–Kier alpha value is -2.99. The highest BCUT2D eigenvalue weighted by Gasteiger charge is 2.24. The van der Waals surface area contributed by atoms with Crippen LogP contribution in [0.4, 0.5) is 8.78 Å². The molecular formula is C30H31F2N. The summed E-state index contributed by atoms with van der Waals surface area (Å²) in [6, 6.07) is 24.0. The Bertz CT molecular complexity index is 1070. The van der Waals surface area contributed by atoms with Crippen molar-refractivity contribution in [3.05, 3.63) is 106 Å². The molecule has 3 aromatic rings. The van der Waals surface area contributed by atoms with Gasteiger partial charge in [-0.15, -0.1) is 0 Å². The van der Waals surface area contributed by atoms with Crippen molar-refractivity contribution in [3.8, 4) is 6.07 Å². The number of benzene rings is 3. The van der Waals surface area contributed by atoms with E-state index in [0.29, 0.717) is 17.4 Å². The number of hydrogen-bond donors (Lipinski definition) is 0. The zero-order valence-electron chi connectivity index (χ0n) is 19.2. The molecule has 0 aliphatic heterocycles. The average molecular weight is 444 g/mol. The molecule has 33 heavy (non-hydrogen) atoms. The maximum atomic E-state index is 14.0. The van der Waals surface area contributed by atoms with E-state index in [9.17, 15) is 8.78 Å². The van der Waals surface area contributed by atoms with Crippen molar-refractivity contribution in [1.29, 1.82) is 5.26 Å². The molecule has 0 radical (unpaired) electrons. The Morgan fingerprint density at radius 3 is 2.09 bits per heavy atom. The van der Waals surface area contributed by atoms with Crippen LogP contribution < -0.4 is 0 Å². The summed E-state index contributed by atoms with van der Waals surface area (Å²) in [6.07, 6.45) is 7.34. The van der Waals surface area contributed by atoms with Crippen molar-refractivity contribution in [1.82, 2.24) is 0 Å². The molecule has 0 heterocycles. The van der Waals surface area contributed by atoms with Gasteiger partial charge in [0.1, 0.15) is 23.3 Å². The van der Waals surface area contributed by atoms with Crippen LogP contribution in [0.25, 0.3) is 0 Å². The Balaban J connectivity index is 1.25. The highest BCUT2D eigenvalue weighted by atomic mass is 19.1. The zero-order valence-corrected chi connectivity index (χ0v) is 19.2. The van der Waals surface area contributed by atoms with Crippen molar-refractivity contribution in [2.45, 2.75) is 63.7 Å². The Morgan fingerprint density at radius 1 is 0.879 bits per heavy atom. The van der Waals surface area contributed by atoms with E-state index in [4.69, 9.17) is 5.26 Å². The van der Waals surface area contributed by atoms with Gasteiger partial charge in [0, 0.05) is 0 Å². The first-order chi connectivity index (χ1) is 16.0. The van der Waals surface area contributed by atoms with Crippen molar-refractivity contribution in [2.75, 3.05) is 0 Å². The van der Waals surface area contributed by atoms with Gasteiger partial charge in [-0.3, -0.25) is 0 Å². The second-order valence-corrected chi connectivity index (χ2v) is 9.56. The highest BCUT2D eigenvalue weighted by Crippen LogP contribution is 2.38. The van der Waals surface area contributed by atoms with Crippen LogP contribution in [0, 0.1) is 28.9 Å². The van der Waals surface area contributed by atoms with E-state index < -0.39 is 17.2 Å². The number of nitrogens with zero attached hydrogens (tertiary/aromatic N) is 1. The van der Waals surface area contributed by atoms with Crippen LogP contribution in [0.1, 0.15) is 78.7 Å². The van der Waals surface area contributed by atoms with E-state index in [-0.39, 0.29) is 5.92 Å². The van der Waals surface area contributed by atoms with Gasteiger partial charge in [-0.1, -0.05) is 61.5 Å².